The number of hydrogen-bond donors (Lipinski definition) is 5. The molecule has 17 heteroatoms. The summed E-state index contributed by atoms with van der Waals surface area (Å²) in [6.45, 7) is 2.57. The number of nitrogens with one attached hydrogen (secondary N) is 2. The van der Waals surface area contributed by atoms with Gasteiger partial charge in [0, 0.05) is 42.7 Å². The fourth-order valence-corrected chi connectivity index (χ4v) is 3.20. The van der Waals surface area contributed by atoms with Crippen LogP contribution >= 0.6 is 0 Å². The quantitative estimate of drug-likeness (QED) is 0.139. The van der Waals surface area contributed by atoms with Crippen molar-refractivity contribution in [2.75, 3.05) is 31.1 Å². The average Bonchev–Trinajstić information content (AvgIpc) is 2.91. The number of carbonyl (C=O) groups excluding carboxylic acids is 1. The lowest BCUT2D eigenvalue weighted by Crippen LogP contribution is -2.41. The van der Waals surface area contributed by atoms with E-state index in [1.54, 1.807) is 30.6 Å². The standard InChI is InChI=1S/C20H25N5O2.2C2HF3O2/c21-19(22)16-2-1-3-18(14-16)27-13-10-24-20(26)15-6-11-25(12-7-15)17-4-8-23-9-5-17;2*3-2(4,5)1(6)7/h1-5,8-9,14-15H,6-7,10-13H2,(H3,21,22)(H,24,26);2*(H,6,7). The lowest BCUT2D eigenvalue weighted by Gasteiger charge is -2.32. The van der Waals surface area contributed by atoms with Crippen molar-refractivity contribution >= 4 is 29.4 Å². The molecule has 0 aliphatic carbocycles. The van der Waals surface area contributed by atoms with Crippen molar-refractivity contribution in [3.05, 3.63) is 54.4 Å². The molecule has 1 amide bonds. The number of carboxylic acids is 2. The minimum atomic E-state index is -5.08. The number of nitrogens with zero attached hydrogens (tertiary/aromatic N) is 2. The third-order valence-electron chi connectivity index (χ3n) is 5.19. The molecule has 0 bridgehead atoms. The first-order chi connectivity index (χ1) is 19.0. The summed E-state index contributed by atoms with van der Waals surface area (Å²) < 4.78 is 69.1. The van der Waals surface area contributed by atoms with Crippen LogP contribution in [0.1, 0.15) is 18.4 Å². The van der Waals surface area contributed by atoms with Crippen LogP contribution in [0.15, 0.2) is 48.8 Å². The summed E-state index contributed by atoms with van der Waals surface area (Å²) in [4.78, 5) is 36.5. The highest BCUT2D eigenvalue weighted by Crippen LogP contribution is 2.22. The topological polar surface area (TPSA) is 179 Å². The normalized spacial score (nSPS) is 13.5. The number of ether oxygens (including phenoxy) is 1. The lowest BCUT2D eigenvalue weighted by molar-refractivity contribution is -0.193. The number of amidine groups is 1. The lowest BCUT2D eigenvalue weighted by atomic mass is 9.95. The molecule has 1 saturated heterocycles. The molecule has 41 heavy (non-hydrogen) atoms. The molecule has 2 heterocycles. The van der Waals surface area contributed by atoms with Gasteiger partial charge < -0.3 is 30.9 Å². The molecule has 1 aromatic heterocycles. The number of pyridine rings is 1. The number of piperidine rings is 1. The summed E-state index contributed by atoms with van der Waals surface area (Å²) in [5.41, 5.74) is 7.25. The molecular formula is C24H27F6N5O6. The van der Waals surface area contributed by atoms with Crippen LogP contribution in [0.4, 0.5) is 32.0 Å². The molecule has 6 N–H and O–H groups in total. The summed E-state index contributed by atoms with van der Waals surface area (Å²) in [7, 11) is 0. The number of anilines is 1. The number of benzene rings is 1. The van der Waals surface area contributed by atoms with Gasteiger partial charge >= 0.3 is 24.3 Å². The summed E-state index contributed by atoms with van der Waals surface area (Å²) in [5.74, 6) is -4.73. The maximum atomic E-state index is 12.4. The van der Waals surface area contributed by atoms with Gasteiger partial charge in [-0.25, -0.2) is 9.59 Å². The second kappa shape index (κ2) is 15.9. The number of halogens is 6. The highest BCUT2D eigenvalue weighted by Gasteiger charge is 2.38. The van der Waals surface area contributed by atoms with Crippen LogP contribution in [0.5, 0.6) is 5.75 Å². The molecule has 226 valence electrons. The zero-order chi connectivity index (χ0) is 31.2. The Hall–Kier alpha value is -4.57. The van der Waals surface area contributed by atoms with Gasteiger partial charge in [-0.3, -0.25) is 15.2 Å². The Kier molecular flexibility index (Phi) is 13.3. The van der Waals surface area contributed by atoms with E-state index < -0.39 is 24.3 Å². The number of amides is 1. The number of aromatic nitrogens is 1. The Morgan fingerprint density at radius 2 is 1.51 bits per heavy atom. The van der Waals surface area contributed by atoms with Crippen LogP contribution in [-0.4, -0.2) is 77.5 Å². The van der Waals surface area contributed by atoms with E-state index in [0.29, 0.717) is 24.5 Å². The zero-order valence-corrected chi connectivity index (χ0v) is 21.2. The largest absolute Gasteiger partial charge is 0.492 e. The van der Waals surface area contributed by atoms with E-state index >= 15 is 0 Å². The highest BCUT2D eigenvalue weighted by atomic mass is 19.4. The predicted molar refractivity (Wildman–Crippen MR) is 133 cm³/mol. The molecule has 11 nitrogen and oxygen atoms in total. The van der Waals surface area contributed by atoms with Crippen molar-refractivity contribution in [2.45, 2.75) is 25.2 Å². The van der Waals surface area contributed by atoms with Crippen molar-refractivity contribution < 1.29 is 55.7 Å². The minimum Gasteiger partial charge on any atom is -0.492 e. The Morgan fingerprint density at radius 3 is 1.98 bits per heavy atom. The second-order valence-corrected chi connectivity index (χ2v) is 8.15. The molecule has 0 unspecified atom stereocenters. The monoisotopic (exact) mass is 595 g/mol. The molecular weight excluding hydrogens is 568 g/mol. The van der Waals surface area contributed by atoms with Gasteiger partial charge in [0.15, 0.2) is 0 Å². The van der Waals surface area contributed by atoms with Crippen molar-refractivity contribution in [3.63, 3.8) is 0 Å². The van der Waals surface area contributed by atoms with Gasteiger partial charge in [-0.1, -0.05) is 12.1 Å². The van der Waals surface area contributed by atoms with Gasteiger partial charge in [-0.05, 0) is 37.1 Å². The first-order valence-corrected chi connectivity index (χ1v) is 11.6. The van der Waals surface area contributed by atoms with Crippen molar-refractivity contribution in [3.8, 4) is 5.75 Å². The average molecular weight is 595 g/mol. The van der Waals surface area contributed by atoms with E-state index in [1.807, 2.05) is 18.2 Å². The van der Waals surface area contributed by atoms with Crippen LogP contribution in [0.25, 0.3) is 0 Å². The third-order valence-corrected chi connectivity index (χ3v) is 5.19. The van der Waals surface area contributed by atoms with Crippen LogP contribution in [0, 0.1) is 11.3 Å². The Labute approximate surface area is 229 Å². The van der Waals surface area contributed by atoms with E-state index in [1.165, 1.54) is 0 Å². The van der Waals surface area contributed by atoms with Gasteiger partial charge in [0.05, 0.1) is 6.54 Å². The van der Waals surface area contributed by atoms with Gasteiger partial charge in [0.25, 0.3) is 0 Å². The summed E-state index contributed by atoms with van der Waals surface area (Å²) in [6.07, 6.45) is -4.90. The fraction of sp³-hybridized carbons (Fsp3) is 0.375. The number of carbonyl (C=O) groups is 3. The number of rotatable bonds is 7. The predicted octanol–water partition coefficient (Wildman–Crippen LogP) is 3.04. The molecule has 0 atom stereocenters. The summed E-state index contributed by atoms with van der Waals surface area (Å²) in [6, 6.07) is 11.1. The molecule has 0 spiro atoms. The Balaban J connectivity index is 0.000000497. The van der Waals surface area contributed by atoms with E-state index in [4.69, 9.17) is 35.7 Å². The van der Waals surface area contributed by atoms with E-state index in [0.717, 1.165) is 31.6 Å². The number of carboxylic acid groups (broad SMARTS) is 2. The SMILES string of the molecule is N=C(N)c1cccc(OCCNC(=O)C2CCN(c3ccncc3)CC2)c1.O=C(O)C(F)(F)F.O=C(O)C(F)(F)F. The van der Waals surface area contributed by atoms with Gasteiger partial charge in [-0.2, -0.15) is 26.3 Å². The summed E-state index contributed by atoms with van der Waals surface area (Å²) >= 11 is 0. The van der Waals surface area contributed by atoms with Crippen LogP contribution in [0.3, 0.4) is 0 Å². The van der Waals surface area contributed by atoms with Gasteiger partial charge in [0.1, 0.15) is 18.2 Å². The molecule has 3 rings (SSSR count). The minimum absolute atomic E-state index is 0.00635. The molecule has 0 radical (unpaired) electrons. The molecule has 1 aromatic carbocycles. The first-order valence-electron chi connectivity index (χ1n) is 11.6. The van der Waals surface area contributed by atoms with E-state index in [9.17, 15) is 31.1 Å². The maximum Gasteiger partial charge on any atom is 0.490 e. The van der Waals surface area contributed by atoms with Crippen LogP contribution in [0.2, 0.25) is 0 Å². The van der Waals surface area contributed by atoms with Crippen LogP contribution in [-0.2, 0) is 14.4 Å². The number of nitrogen functional groups attached to an aromatic ring is 1. The van der Waals surface area contributed by atoms with Crippen molar-refractivity contribution in [2.24, 2.45) is 11.7 Å². The van der Waals surface area contributed by atoms with E-state index in [2.05, 4.69) is 15.2 Å². The molecule has 1 fully saturated rings. The fourth-order valence-electron chi connectivity index (χ4n) is 3.20. The first kappa shape index (κ1) is 34.5. The second-order valence-electron chi connectivity index (χ2n) is 8.15. The highest BCUT2D eigenvalue weighted by molar-refractivity contribution is 5.95. The smallest absolute Gasteiger partial charge is 0.490 e. The number of hydrogen-bond acceptors (Lipinski definition) is 7. The zero-order valence-electron chi connectivity index (χ0n) is 21.2. The van der Waals surface area contributed by atoms with Crippen molar-refractivity contribution in [1.82, 2.24) is 10.3 Å². The third kappa shape index (κ3) is 13.4. The van der Waals surface area contributed by atoms with Gasteiger partial charge in [-0.15, -0.1) is 0 Å². The Morgan fingerprint density at radius 1 is 1.00 bits per heavy atom. The number of nitrogens with two attached hydrogens (primary N) is 1. The van der Waals surface area contributed by atoms with Gasteiger partial charge in [0.2, 0.25) is 5.91 Å². The van der Waals surface area contributed by atoms with Crippen LogP contribution < -0.4 is 20.7 Å². The number of alkyl halides is 6. The Bertz CT molecular complexity index is 1130. The summed E-state index contributed by atoms with van der Waals surface area (Å²) in [5, 5.41) is 24.6. The molecule has 1 aliphatic rings. The molecule has 0 saturated carbocycles. The maximum absolute atomic E-state index is 12.4. The molecule has 1 aliphatic heterocycles. The molecule has 2 aromatic rings. The van der Waals surface area contributed by atoms with Crippen molar-refractivity contribution in [1.29, 1.82) is 5.41 Å². The van der Waals surface area contributed by atoms with E-state index in [-0.39, 0.29) is 17.7 Å². The number of aliphatic carboxylic acids is 2.